The lowest BCUT2D eigenvalue weighted by atomic mass is 9.95. The fourth-order valence-corrected chi connectivity index (χ4v) is 4.00. The molecule has 0 bridgehead atoms. The zero-order valence-corrected chi connectivity index (χ0v) is 18.6. The van der Waals surface area contributed by atoms with Crippen molar-refractivity contribution >= 4 is 23.2 Å². The second-order valence-corrected chi connectivity index (χ2v) is 9.57. The van der Waals surface area contributed by atoms with Crippen LogP contribution in [-0.2, 0) is 31.5 Å². The van der Waals surface area contributed by atoms with Crippen LogP contribution in [0.4, 0.5) is 0 Å². The quantitative estimate of drug-likeness (QED) is 0.550. The molecular formula is C23H26Cl2N4. The fourth-order valence-electron chi connectivity index (χ4n) is 3.68. The molecule has 0 fully saturated rings. The molecule has 2 aromatic heterocycles. The Balaban J connectivity index is 1.46. The minimum absolute atomic E-state index is 0.0163. The van der Waals surface area contributed by atoms with Gasteiger partial charge in [0.15, 0.2) is 0 Å². The van der Waals surface area contributed by atoms with Gasteiger partial charge in [0, 0.05) is 67.4 Å². The highest BCUT2D eigenvalue weighted by Crippen LogP contribution is 2.25. The first-order chi connectivity index (χ1) is 13.8. The molecule has 0 aliphatic carbocycles. The predicted molar refractivity (Wildman–Crippen MR) is 119 cm³/mol. The molecule has 0 saturated carbocycles. The highest BCUT2D eigenvalue weighted by atomic mass is 35.5. The number of benzene rings is 1. The summed E-state index contributed by atoms with van der Waals surface area (Å²) < 4.78 is 2.27. The molecule has 3 aromatic rings. The highest BCUT2D eigenvalue weighted by molar-refractivity contribution is 6.42. The number of rotatable bonds is 4. The average Bonchev–Trinajstić information content (AvgIpc) is 3.10. The summed E-state index contributed by atoms with van der Waals surface area (Å²) in [5.41, 5.74) is 4.85. The van der Waals surface area contributed by atoms with Crippen molar-refractivity contribution in [3.8, 4) is 0 Å². The topological polar surface area (TPSA) is 34.0 Å². The van der Waals surface area contributed by atoms with Crippen LogP contribution >= 0.6 is 23.2 Å². The fraction of sp³-hybridized carbons (Fsp3) is 0.391. The first kappa shape index (κ1) is 20.4. The van der Waals surface area contributed by atoms with Gasteiger partial charge in [-0.3, -0.25) is 4.90 Å². The van der Waals surface area contributed by atoms with Crippen LogP contribution in [-0.4, -0.2) is 26.0 Å². The first-order valence-electron chi connectivity index (χ1n) is 9.95. The van der Waals surface area contributed by atoms with Crippen molar-refractivity contribution in [3.63, 3.8) is 0 Å². The lowest BCUT2D eigenvalue weighted by Gasteiger charge is -2.29. The van der Waals surface area contributed by atoms with Gasteiger partial charge in [-0.15, -0.1) is 0 Å². The third-order valence-electron chi connectivity index (χ3n) is 5.33. The van der Waals surface area contributed by atoms with E-state index in [1.54, 1.807) is 0 Å². The summed E-state index contributed by atoms with van der Waals surface area (Å²) in [4.78, 5) is 11.9. The van der Waals surface area contributed by atoms with Crippen molar-refractivity contribution in [2.45, 2.75) is 52.2 Å². The molecule has 0 saturated heterocycles. The number of hydrogen-bond acceptors (Lipinski definition) is 3. The Labute approximate surface area is 182 Å². The van der Waals surface area contributed by atoms with Gasteiger partial charge in [0.05, 0.1) is 10.0 Å². The van der Waals surface area contributed by atoms with Gasteiger partial charge < -0.3 is 4.57 Å². The molecule has 0 N–H and O–H groups in total. The van der Waals surface area contributed by atoms with Crippen LogP contribution in [0.1, 0.15) is 49.1 Å². The van der Waals surface area contributed by atoms with Gasteiger partial charge in [-0.2, -0.15) is 0 Å². The van der Waals surface area contributed by atoms with Gasteiger partial charge in [-0.25, -0.2) is 9.97 Å². The molecule has 6 heteroatoms. The van der Waals surface area contributed by atoms with E-state index in [9.17, 15) is 0 Å². The molecule has 1 aliphatic heterocycles. The van der Waals surface area contributed by atoms with E-state index >= 15 is 0 Å². The van der Waals surface area contributed by atoms with Gasteiger partial charge in [-0.1, -0.05) is 50.0 Å². The molecule has 0 radical (unpaired) electrons. The first-order valence-corrected chi connectivity index (χ1v) is 10.7. The Morgan fingerprint density at radius 1 is 1.07 bits per heavy atom. The Bertz CT molecular complexity index is 1020. The zero-order valence-electron chi connectivity index (χ0n) is 17.1. The Hall–Kier alpha value is -1.88. The second-order valence-electron chi connectivity index (χ2n) is 8.75. The standard InChI is InChI=1S/C23H26Cl2N4/c1-23(2,3)22-26-12-17-14-28(10-8-21(17)27-22)15-18-5-4-9-29(18)13-16-6-7-19(24)20(25)11-16/h4-7,9,11-12H,8,10,13-15H2,1-3H3. The third-order valence-corrected chi connectivity index (χ3v) is 6.07. The average molecular weight is 429 g/mol. The summed E-state index contributed by atoms with van der Waals surface area (Å²) in [6.07, 6.45) is 5.10. The van der Waals surface area contributed by atoms with Crippen molar-refractivity contribution in [1.29, 1.82) is 0 Å². The molecule has 0 atom stereocenters. The van der Waals surface area contributed by atoms with Crippen LogP contribution in [0.5, 0.6) is 0 Å². The van der Waals surface area contributed by atoms with Crippen LogP contribution in [0, 0.1) is 0 Å². The summed E-state index contributed by atoms with van der Waals surface area (Å²) in [6, 6.07) is 10.1. The molecule has 1 aliphatic rings. The van der Waals surface area contributed by atoms with Crippen LogP contribution in [0.25, 0.3) is 0 Å². The van der Waals surface area contributed by atoms with Gasteiger partial charge in [0.25, 0.3) is 0 Å². The molecule has 29 heavy (non-hydrogen) atoms. The van der Waals surface area contributed by atoms with Crippen molar-refractivity contribution in [2.24, 2.45) is 0 Å². The number of nitrogens with zero attached hydrogens (tertiary/aromatic N) is 4. The van der Waals surface area contributed by atoms with E-state index in [0.717, 1.165) is 44.0 Å². The van der Waals surface area contributed by atoms with Crippen molar-refractivity contribution in [2.75, 3.05) is 6.54 Å². The molecule has 0 amide bonds. The van der Waals surface area contributed by atoms with Crippen molar-refractivity contribution in [3.05, 3.63) is 81.1 Å². The van der Waals surface area contributed by atoms with E-state index < -0.39 is 0 Å². The molecule has 1 aromatic carbocycles. The number of aromatic nitrogens is 3. The monoisotopic (exact) mass is 428 g/mol. The summed E-state index contributed by atoms with van der Waals surface area (Å²) >= 11 is 12.2. The predicted octanol–water partition coefficient (Wildman–Crippen LogP) is 5.49. The molecule has 152 valence electrons. The highest BCUT2D eigenvalue weighted by Gasteiger charge is 2.23. The van der Waals surface area contributed by atoms with E-state index in [2.05, 4.69) is 53.6 Å². The van der Waals surface area contributed by atoms with Crippen LogP contribution in [0.3, 0.4) is 0 Å². The summed E-state index contributed by atoms with van der Waals surface area (Å²) in [5.74, 6) is 0.931. The van der Waals surface area contributed by atoms with Crippen LogP contribution < -0.4 is 0 Å². The maximum Gasteiger partial charge on any atom is 0.133 e. The van der Waals surface area contributed by atoms with Gasteiger partial charge >= 0.3 is 0 Å². The maximum absolute atomic E-state index is 6.18. The molecule has 0 unspecified atom stereocenters. The Kier molecular flexibility index (Phi) is 5.69. The zero-order chi connectivity index (χ0) is 20.6. The minimum atomic E-state index is -0.0163. The van der Waals surface area contributed by atoms with Crippen molar-refractivity contribution in [1.82, 2.24) is 19.4 Å². The number of hydrogen-bond donors (Lipinski definition) is 0. The lowest BCUT2D eigenvalue weighted by Crippen LogP contribution is -2.32. The SMILES string of the molecule is CC(C)(C)c1ncc2c(n1)CCN(Cc1cccn1Cc1ccc(Cl)c(Cl)c1)C2. The number of halogens is 2. The largest absolute Gasteiger partial charge is 0.346 e. The smallest absolute Gasteiger partial charge is 0.133 e. The van der Waals surface area contributed by atoms with E-state index in [1.807, 2.05) is 24.4 Å². The van der Waals surface area contributed by atoms with E-state index in [0.29, 0.717) is 10.0 Å². The summed E-state index contributed by atoms with van der Waals surface area (Å²) in [5, 5.41) is 1.19. The summed E-state index contributed by atoms with van der Waals surface area (Å²) in [7, 11) is 0. The van der Waals surface area contributed by atoms with Crippen molar-refractivity contribution < 1.29 is 0 Å². The lowest BCUT2D eigenvalue weighted by molar-refractivity contribution is 0.236. The van der Waals surface area contributed by atoms with Gasteiger partial charge in [0.1, 0.15) is 5.82 Å². The molecular weight excluding hydrogens is 403 g/mol. The van der Waals surface area contributed by atoms with Crippen LogP contribution in [0.2, 0.25) is 10.0 Å². The van der Waals surface area contributed by atoms with Gasteiger partial charge in [-0.05, 0) is 29.8 Å². The minimum Gasteiger partial charge on any atom is -0.346 e. The number of fused-ring (bicyclic) bond motifs is 1. The maximum atomic E-state index is 6.18. The molecule has 4 rings (SSSR count). The van der Waals surface area contributed by atoms with E-state index in [4.69, 9.17) is 28.2 Å². The van der Waals surface area contributed by atoms with Crippen LogP contribution in [0.15, 0.2) is 42.7 Å². The summed E-state index contributed by atoms with van der Waals surface area (Å²) in [6.45, 7) is 10.0. The Morgan fingerprint density at radius 2 is 1.90 bits per heavy atom. The van der Waals surface area contributed by atoms with E-state index in [1.165, 1.54) is 17.0 Å². The van der Waals surface area contributed by atoms with Gasteiger partial charge in [0.2, 0.25) is 0 Å². The Morgan fingerprint density at radius 3 is 2.66 bits per heavy atom. The third kappa shape index (κ3) is 4.66. The van der Waals surface area contributed by atoms with E-state index in [-0.39, 0.29) is 5.41 Å². The normalized spacial score (nSPS) is 14.8. The molecule has 3 heterocycles. The molecule has 0 spiro atoms. The second kappa shape index (κ2) is 8.10. The molecule has 4 nitrogen and oxygen atoms in total.